The largest absolute Gasteiger partial charge is 0.454 e. The van der Waals surface area contributed by atoms with E-state index < -0.39 is 5.82 Å². The monoisotopic (exact) mass is 418 g/mol. The molecule has 3 aromatic rings. The number of amides is 1. The number of aryl methyl sites for hydroxylation is 2. The summed E-state index contributed by atoms with van der Waals surface area (Å²) in [7, 11) is 1.90. The van der Waals surface area contributed by atoms with E-state index in [-0.39, 0.29) is 17.8 Å². The normalized spacial score (nSPS) is 15.2. The highest BCUT2D eigenvalue weighted by Crippen LogP contribution is 2.30. The number of hydrogen-bond donors (Lipinski definition) is 3. The van der Waals surface area contributed by atoms with Gasteiger partial charge in [0, 0.05) is 30.4 Å². The summed E-state index contributed by atoms with van der Waals surface area (Å²) in [5, 5.41) is 9.73. The molecule has 1 aromatic heterocycles. The van der Waals surface area contributed by atoms with Crippen molar-refractivity contribution in [2.24, 2.45) is 7.05 Å². The molecule has 0 bridgehead atoms. The number of rotatable bonds is 6. The first-order valence-electron chi connectivity index (χ1n) is 9.82. The Morgan fingerprint density at radius 3 is 2.81 bits per heavy atom. The lowest BCUT2D eigenvalue weighted by Crippen LogP contribution is -2.33. The zero-order valence-corrected chi connectivity index (χ0v) is 17.3. The molecule has 0 aliphatic carbocycles. The SMILES string of the molecule is C=CC(=O)Nc1ccccc1NC1C=C(Oc2ccc3c(cc(C)n3C)c2F)C=CN1. The molecule has 0 fully saturated rings. The summed E-state index contributed by atoms with van der Waals surface area (Å²) in [5.41, 5.74) is 3.12. The number of nitrogens with one attached hydrogen (secondary N) is 3. The lowest BCUT2D eigenvalue weighted by Gasteiger charge is -2.23. The lowest BCUT2D eigenvalue weighted by molar-refractivity contribution is -0.111. The third kappa shape index (κ3) is 4.16. The van der Waals surface area contributed by atoms with Crippen LogP contribution < -0.4 is 20.7 Å². The number of fused-ring (bicyclic) bond motifs is 1. The molecule has 2 aromatic carbocycles. The van der Waals surface area contributed by atoms with Gasteiger partial charge in [-0.2, -0.15) is 0 Å². The number of anilines is 2. The van der Waals surface area contributed by atoms with Gasteiger partial charge >= 0.3 is 0 Å². The van der Waals surface area contributed by atoms with Crippen molar-refractivity contribution in [1.82, 2.24) is 9.88 Å². The van der Waals surface area contributed by atoms with E-state index in [1.165, 1.54) is 6.08 Å². The zero-order chi connectivity index (χ0) is 22.0. The van der Waals surface area contributed by atoms with Crippen molar-refractivity contribution in [3.63, 3.8) is 0 Å². The number of allylic oxidation sites excluding steroid dienone is 1. The van der Waals surface area contributed by atoms with Crippen LogP contribution in [-0.4, -0.2) is 16.6 Å². The Bertz CT molecular complexity index is 1230. The molecule has 1 aliphatic rings. The number of carbonyl (C=O) groups excluding carboxylic acids is 1. The summed E-state index contributed by atoms with van der Waals surface area (Å²) in [5.74, 6) is -0.0357. The van der Waals surface area contributed by atoms with Gasteiger partial charge in [-0.1, -0.05) is 18.7 Å². The first-order chi connectivity index (χ1) is 15.0. The maximum Gasteiger partial charge on any atom is 0.247 e. The van der Waals surface area contributed by atoms with Gasteiger partial charge in [-0.3, -0.25) is 4.79 Å². The highest BCUT2D eigenvalue weighted by atomic mass is 19.1. The van der Waals surface area contributed by atoms with Gasteiger partial charge in [0.25, 0.3) is 0 Å². The summed E-state index contributed by atoms with van der Waals surface area (Å²) >= 11 is 0. The van der Waals surface area contributed by atoms with Gasteiger partial charge in [-0.25, -0.2) is 4.39 Å². The van der Waals surface area contributed by atoms with E-state index in [1.807, 2.05) is 48.9 Å². The fourth-order valence-electron chi connectivity index (χ4n) is 3.42. The van der Waals surface area contributed by atoms with Crippen molar-refractivity contribution >= 4 is 28.2 Å². The highest BCUT2D eigenvalue weighted by molar-refractivity contribution is 6.01. The minimum absolute atomic E-state index is 0.160. The molecule has 6 nitrogen and oxygen atoms in total. The van der Waals surface area contributed by atoms with Crippen molar-refractivity contribution in [2.75, 3.05) is 10.6 Å². The first kappa shape index (κ1) is 20.3. The Kier molecular flexibility index (Phi) is 5.49. The molecule has 31 heavy (non-hydrogen) atoms. The molecule has 3 N–H and O–H groups in total. The van der Waals surface area contributed by atoms with E-state index in [1.54, 1.807) is 30.5 Å². The summed E-state index contributed by atoms with van der Waals surface area (Å²) in [6.07, 6.45) is 6.13. The molecule has 7 heteroatoms. The maximum atomic E-state index is 15.0. The van der Waals surface area contributed by atoms with Crippen LogP contribution in [0, 0.1) is 12.7 Å². The van der Waals surface area contributed by atoms with Crippen LogP contribution in [0.15, 0.2) is 79.2 Å². The van der Waals surface area contributed by atoms with Crippen molar-refractivity contribution in [3.8, 4) is 5.75 Å². The van der Waals surface area contributed by atoms with Crippen LogP contribution in [-0.2, 0) is 11.8 Å². The van der Waals surface area contributed by atoms with Crippen LogP contribution in [0.4, 0.5) is 15.8 Å². The fourth-order valence-corrected chi connectivity index (χ4v) is 3.42. The van der Waals surface area contributed by atoms with Gasteiger partial charge in [0.15, 0.2) is 11.6 Å². The van der Waals surface area contributed by atoms with E-state index in [0.717, 1.165) is 11.2 Å². The second kappa shape index (κ2) is 8.39. The van der Waals surface area contributed by atoms with Gasteiger partial charge in [-0.15, -0.1) is 0 Å². The second-order valence-electron chi connectivity index (χ2n) is 7.19. The summed E-state index contributed by atoms with van der Waals surface area (Å²) in [4.78, 5) is 11.7. The molecule has 2 heterocycles. The van der Waals surface area contributed by atoms with Gasteiger partial charge < -0.3 is 25.3 Å². The van der Waals surface area contributed by atoms with E-state index in [2.05, 4.69) is 22.5 Å². The number of aromatic nitrogens is 1. The number of carbonyl (C=O) groups is 1. The van der Waals surface area contributed by atoms with E-state index in [9.17, 15) is 4.79 Å². The van der Waals surface area contributed by atoms with Gasteiger partial charge in [-0.05, 0) is 49.4 Å². The molecular weight excluding hydrogens is 395 g/mol. The molecule has 0 saturated carbocycles. The van der Waals surface area contributed by atoms with Crippen molar-refractivity contribution in [2.45, 2.75) is 13.1 Å². The van der Waals surface area contributed by atoms with Crippen LogP contribution in [0.1, 0.15) is 5.69 Å². The van der Waals surface area contributed by atoms with Crippen molar-refractivity contribution in [3.05, 3.63) is 90.7 Å². The molecule has 4 rings (SSSR count). The average molecular weight is 418 g/mol. The quantitative estimate of drug-likeness (QED) is 0.513. The van der Waals surface area contributed by atoms with Gasteiger partial charge in [0.05, 0.1) is 16.9 Å². The molecule has 0 saturated heterocycles. The number of hydrogen-bond acceptors (Lipinski definition) is 4. The summed E-state index contributed by atoms with van der Waals surface area (Å²) in [6.45, 7) is 5.41. The van der Waals surface area contributed by atoms with Crippen LogP contribution >= 0.6 is 0 Å². The maximum absolute atomic E-state index is 15.0. The number of ether oxygens (including phenoxy) is 1. The zero-order valence-electron chi connectivity index (χ0n) is 17.3. The number of nitrogens with zero attached hydrogens (tertiary/aromatic N) is 1. The second-order valence-corrected chi connectivity index (χ2v) is 7.19. The minimum Gasteiger partial charge on any atom is -0.454 e. The summed E-state index contributed by atoms with van der Waals surface area (Å²) in [6, 6.07) is 12.6. The van der Waals surface area contributed by atoms with E-state index in [4.69, 9.17) is 4.74 Å². The minimum atomic E-state index is -0.393. The summed E-state index contributed by atoms with van der Waals surface area (Å²) < 4.78 is 22.8. The van der Waals surface area contributed by atoms with E-state index >= 15 is 4.39 Å². The Labute approximate surface area is 179 Å². The van der Waals surface area contributed by atoms with Gasteiger partial charge in [0.2, 0.25) is 5.91 Å². The van der Waals surface area contributed by atoms with Crippen molar-refractivity contribution in [1.29, 1.82) is 0 Å². The molecule has 0 radical (unpaired) electrons. The number of halogens is 1. The van der Waals surface area contributed by atoms with Gasteiger partial charge in [0.1, 0.15) is 11.9 Å². The van der Waals surface area contributed by atoms with Crippen molar-refractivity contribution < 1.29 is 13.9 Å². The number of dihydropyridines is 1. The number of para-hydroxylation sites is 2. The Balaban J connectivity index is 1.54. The topological polar surface area (TPSA) is 67.3 Å². The molecule has 0 spiro atoms. The molecule has 1 unspecified atom stereocenters. The molecule has 158 valence electrons. The van der Waals surface area contributed by atoms with Crippen LogP contribution in [0.3, 0.4) is 0 Å². The average Bonchev–Trinajstić information content (AvgIpc) is 3.06. The third-order valence-corrected chi connectivity index (χ3v) is 5.13. The fraction of sp³-hybridized carbons (Fsp3) is 0.125. The number of benzene rings is 2. The van der Waals surface area contributed by atoms with E-state index in [0.29, 0.717) is 22.5 Å². The lowest BCUT2D eigenvalue weighted by atomic mass is 10.2. The standard InChI is InChI=1S/C24H23FN4O2/c1-4-23(30)28-19-8-6-5-7-18(19)27-22-14-16(11-12-26-22)31-21-10-9-20-17(24(21)25)13-15(2)29(20)3/h4-14,22,26-27H,1H2,2-3H3,(H,28,30). The van der Waals surface area contributed by atoms with Crippen LogP contribution in [0.2, 0.25) is 0 Å². The Hall–Kier alpha value is -4.00. The predicted octanol–water partition coefficient (Wildman–Crippen LogP) is 4.57. The molecule has 1 atom stereocenters. The molecule has 1 aliphatic heterocycles. The third-order valence-electron chi connectivity index (χ3n) is 5.13. The predicted molar refractivity (Wildman–Crippen MR) is 121 cm³/mol. The van der Waals surface area contributed by atoms with Crippen LogP contribution in [0.5, 0.6) is 5.75 Å². The highest BCUT2D eigenvalue weighted by Gasteiger charge is 2.16. The smallest absolute Gasteiger partial charge is 0.247 e. The first-order valence-corrected chi connectivity index (χ1v) is 9.82. The molecule has 1 amide bonds. The Morgan fingerprint density at radius 1 is 1.26 bits per heavy atom. The molecular formula is C24H23FN4O2. The van der Waals surface area contributed by atoms with Crippen LogP contribution in [0.25, 0.3) is 10.9 Å². The Morgan fingerprint density at radius 2 is 2.03 bits per heavy atom.